The Kier molecular flexibility index (Phi) is 6.19. The van der Waals surface area contributed by atoms with Crippen LogP contribution in [0.1, 0.15) is 6.42 Å². The molecule has 5 nitrogen and oxygen atoms in total. The third-order valence-corrected chi connectivity index (χ3v) is 6.62. The Morgan fingerprint density at radius 2 is 1.95 bits per heavy atom. The molecule has 0 bridgehead atoms. The smallest absolute Gasteiger partial charge is 0.379 e. The minimum Gasteiger partial charge on any atom is -0.379 e. The molecule has 0 amide bonds. The number of nitrogens with zero attached hydrogens (tertiary/aromatic N) is 1. The molecule has 6 heteroatoms. The van der Waals surface area contributed by atoms with E-state index < -0.39 is 8.80 Å². The van der Waals surface area contributed by atoms with Gasteiger partial charge in [-0.15, -0.1) is 0 Å². The number of likely N-dealkylation sites (N-methyl/N-ethyl adjacent to an activating group) is 1. The lowest BCUT2D eigenvalue weighted by molar-refractivity contribution is -0.0109. The van der Waals surface area contributed by atoms with Crippen LogP contribution in [0.15, 0.2) is 30.3 Å². The fourth-order valence-electron chi connectivity index (χ4n) is 2.52. The van der Waals surface area contributed by atoms with Gasteiger partial charge in [-0.25, -0.2) is 0 Å². The standard InChI is InChI=1S/C15H25NO4Si/c1-16(14-8-5-4-6-9-14)12-15-13-19-10-7-11-21(17-2,18-3)20-15/h4-6,8-9,15H,7,10-13H2,1-3H3. The highest BCUT2D eigenvalue weighted by Gasteiger charge is 2.42. The summed E-state index contributed by atoms with van der Waals surface area (Å²) < 4.78 is 23.1. The van der Waals surface area contributed by atoms with Gasteiger partial charge in [0.25, 0.3) is 0 Å². The predicted octanol–water partition coefficient (Wildman–Crippen LogP) is 2.16. The molecule has 1 atom stereocenters. The number of anilines is 1. The third kappa shape index (κ3) is 4.52. The zero-order valence-electron chi connectivity index (χ0n) is 13.1. The monoisotopic (exact) mass is 311 g/mol. The lowest BCUT2D eigenvalue weighted by Crippen LogP contribution is -2.51. The fourth-order valence-corrected chi connectivity index (χ4v) is 4.63. The molecule has 0 radical (unpaired) electrons. The largest absolute Gasteiger partial charge is 0.500 e. The van der Waals surface area contributed by atoms with Gasteiger partial charge < -0.3 is 22.9 Å². The molecule has 1 aliphatic rings. The van der Waals surface area contributed by atoms with Crippen LogP contribution in [0.5, 0.6) is 0 Å². The van der Waals surface area contributed by atoms with E-state index in [1.54, 1.807) is 14.2 Å². The number of benzene rings is 1. The Morgan fingerprint density at radius 3 is 2.62 bits per heavy atom. The summed E-state index contributed by atoms with van der Waals surface area (Å²) >= 11 is 0. The van der Waals surface area contributed by atoms with Gasteiger partial charge in [-0.05, 0) is 18.6 Å². The van der Waals surface area contributed by atoms with Gasteiger partial charge in [0, 0.05) is 46.2 Å². The van der Waals surface area contributed by atoms with E-state index in [2.05, 4.69) is 24.1 Å². The molecule has 1 fully saturated rings. The molecule has 0 aliphatic carbocycles. The predicted molar refractivity (Wildman–Crippen MR) is 84.6 cm³/mol. The van der Waals surface area contributed by atoms with Crippen molar-refractivity contribution < 1.29 is 18.0 Å². The van der Waals surface area contributed by atoms with Crippen LogP contribution in [0.4, 0.5) is 5.69 Å². The van der Waals surface area contributed by atoms with Gasteiger partial charge >= 0.3 is 8.80 Å². The molecular formula is C15H25NO4Si. The molecule has 1 aromatic carbocycles. The highest BCUT2D eigenvalue weighted by molar-refractivity contribution is 6.60. The van der Waals surface area contributed by atoms with E-state index in [0.717, 1.165) is 31.3 Å². The van der Waals surface area contributed by atoms with Gasteiger partial charge in [0.05, 0.1) is 12.7 Å². The average molecular weight is 311 g/mol. The van der Waals surface area contributed by atoms with Gasteiger partial charge in [-0.2, -0.15) is 0 Å². The molecule has 1 saturated heterocycles. The summed E-state index contributed by atoms with van der Waals surface area (Å²) in [5.41, 5.74) is 1.16. The van der Waals surface area contributed by atoms with Crippen molar-refractivity contribution in [1.82, 2.24) is 0 Å². The quantitative estimate of drug-likeness (QED) is 0.779. The molecule has 0 N–H and O–H groups in total. The number of rotatable bonds is 5. The summed E-state index contributed by atoms with van der Waals surface area (Å²) in [5, 5.41) is 0. The van der Waals surface area contributed by atoms with Crippen LogP contribution in [-0.2, 0) is 18.0 Å². The van der Waals surface area contributed by atoms with Crippen LogP contribution in [0.25, 0.3) is 0 Å². The number of ether oxygens (including phenoxy) is 1. The SMILES string of the molecule is CO[Si]1(OC)CCCOCC(CN(C)c2ccccc2)O1. The van der Waals surface area contributed by atoms with E-state index in [1.807, 2.05) is 18.2 Å². The first-order valence-electron chi connectivity index (χ1n) is 7.31. The molecule has 0 aromatic heterocycles. The van der Waals surface area contributed by atoms with Crippen LogP contribution in [-0.4, -0.2) is 55.9 Å². The maximum absolute atomic E-state index is 6.20. The summed E-state index contributed by atoms with van der Waals surface area (Å²) in [4.78, 5) is 2.17. The van der Waals surface area contributed by atoms with E-state index in [4.69, 9.17) is 18.0 Å². The van der Waals surface area contributed by atoms with Crippen LogP contribution >= 0.6 is 0 Å². The van der Waals surface area contributed by atoms with Crippen molar-refractivity contribution in [3.8, 4) is 0 Å². The second-order valence-electron chi connectivity index (χ2n) is 5.23. The van der Waals surface area contributed by atoms with Crippen LogP contribution in [0, 0.1) is 0 Å². The summed E-state index contributed by atoms with van der Waals surface area (Å²) in [6.45, 7) is 2.04. The number of hydrogen-bond acceptors (Lipinski definition) is 5. The fraction of sp³-hybridized carbons (Fsp3) is 0.600. The van der Waals surface area contributed by atoms with Gasteiger partial charge in [0.15, 0.2) is 0 Å². The molecule has 21 heavy (non-hydrogen) atoms. The number of hydrogen-bond donors (Lipinski definition) is 0. The van der Waals surface area contributed by atoms with Crippen molar-refractivity contribution in [1.29, 1.82) is 0 Å². The molecule has 1 unspecified atom stereocenters. The van der Waals surface area contributed by atoms with Gasteiger partial charge in [0.1, 0.15) is 0 Å². The lowest BCUT2D eigenvalue weighted by atomic mass is 10.2. The van der Waals surface area contributed by atoms with E-state index in [-0.39, 0.29) is 6.10 Å². The normalized spacial score (nSPS) is 22.3. The Bertz CT molecular complexity index is 413. The van der Waals surface area contributed by atoms with Crippen LogP contribution < -0.4 is 4.90 Å². The zero-order chi connectivity index (χ0) is 15.1. The molecule has 1 heterocycles. The topological polar surface area (TPSA) is 40.2 Å². The van der Waals surface area contributed by atoms with E-state index in [0.29, 0.717) is 6.61 Å². The Morgan fingerprint density at radius 1 is 1.24 bits per heavy atom. The molecule has 118 valence electrons. The average Bonchev–Trinajstić information content (AvgIpc) is 2.51. The van der Waals surface area contributed by atoms with Crippen LogP contribution in [0.2, 0.25) is 6.04 Å². The molecule has 1 aromatic rings. The summed E-state index contributed by atoms with van der Waals surface area (Å²) in [7, 11) is 2.86. The minimum atomic E-state index is -2.55. The molecular weight excluding hydrogens is 286 g/mol. The molecule has 1 aliphatic heterocycles. The zero-order valence-corrected chi connectivity index (χ0v) is 14.1. The maximum atomic E-state index is 6.20. The lowest BCUT2D eigenvalue weighted by Gasteiger charge is -2.35. The van der Waals surface area contributed by atoms with Crippen molar-refractivity contribution in [2.24, 2.45) is 0 Å². The third-order valence-electron chi connectivity index (χ3n) is 3.72. The molecule has 0 saturated carbocycles. The van der Waals surface area contributed by atoms with Crippen molar-refractivity contribution in [3.05, 3.63) is 30.3 Å². The van der Waals surface area contributed by atoms with Crippen LogP contribution in [0.3, 0.4) is 0 Å². The van der Waals surface area contributed by atoms with Gasteiger partial charge in [-0.3, -0.25) is 0 Å². The Hall–Kier alpha value is -0.923. The van der Waals surface area contributed by atoms with Crippen molar-refractivity contribution in [2.45, 2.75) is 18.6 Å². The number of para-hydroxylation sites is 1. The maximum Gasteiger partial charge on any atom is 0.500 e. The van der Waals surface area contributed by atoms with Gasteiger partial charge in [-0.1, -0.05) is 18.2 Å². The second-order valence-corrected chi connectivity index (χ2v) is 8.14. The molecule has 2 rings (SSSR count). The summed E-state index contributed by atoms with van der Waals surface area (Å²) in [5.74, 6) is 0. The molecule has 0 spiro atoms. The second kappa shape index (κ2) is 7.91. The van der Waals surface area contributed by atoms with Crippen molar-refractivity contribution >= 4 is 14.5 Å². The van der Waals surface area contributed by atoms with Crippen molar-refractivity contribution in [3.63, 3.8) is 0 Å². The highest BCUT2D eigenvalue weighted by Crippen LogP contribution is 2.22. The first kappa shape index (κ1) is 16.4. The van der Waals surface area contributed by atoms with E-state index in [9.17, 15) is 0 Å². The van der Waals surface area contributed by atoms with E-state index >= 15 is 0 Å². The van der Waals surface area contributed by atoms with E-state index in [1.165, 1.54) is 0 Å². The Balaban J connectivity index is 2.02. The first-order valence-corrected chi connectivity index (χ1v) is 9.24. The van der Waals surface area contributed by atoms with Crippen molar-refractivity contribution in [2.75, 3.05) is 45.9 Å². The summed E-state index contributed by atoms with van der Waals surface area (Å²) in [6, 6.07) is 11.0. The highest BCUT2D eigenvalue weighted by atomic mass is 28.4. The summed E-state index contributed by atoms with van der Waals surface area (Å²) in [6.07, 6.45) is 0.858. The Labute approximate surface area is 128 Å². The first-order chi connectivity index (χ1) is 10.2. The minimum absolute atomic E-state index is 0.0536. The van der Waals surface area contributed by atoms with Gasteiger partial charge in [0.2, 0.25) is 0 Å².